The topological polar surface area (TPSA) is 47.6 Å². The Morgan fingerprint density at radius 2 is 1.73 bits per heavy atom. The van der Waals surface area contributed by atoms with Crippen molar-refractivity contribution in [2.24, 2.45) is 5.41 Å². The molecule has 0 saturated carbocycles. The van der Waals surface area contributed by atoms with Crippen LogP contribution in [-0.2, 0) is 14.3 Å². The van der Waals surface area contributed by atoms with Crippen LogP contribution in [0.2, 0.25) is 0 Å². The van der Waals surface area contributed by atoms with E-state index in [0.29, 0.717) is 6.42 Å². The van der Waals surface area contributed by atoms with E-state index in [0.717, 1.165) is 0 Å². The number of amides is 1. The largest absolute Gasteiger partial charge is 0.356 e. The molecule has 0 bridgehead atoms. The molecule has 15 heavy (non-hydrogen) atoms. The van der Waals surface area contributed by atoms with E-state index < -0.39 is 0 Å². The van der Waals surface area contributed by atoms with Crippen molar-refractivity contribution in [3.8, 4) is 0 Å². The maximum Gasteiger partial charge on any atom is 0.217 e. The van der Waals surface area contributed by atoms with E-state index >= 15 is 0 Å². The fraction of sp³-hybridized carbons (Fsp3) is 0.909. The van der Waals surface area contributed by atoms with Gasteiger partial charge in [-0.25, -0.2) is 0 Å². The van der Waals surface area contributed by atoms with Gasteiger partial charge in [-0.05, 0) is 5.41 Å². The summed E-state index contributed by atoms with van der Waals surface area (Å²) in [6.45, 7) is 7.76. The van der Waals surface area contributed by atoms with Gasteiger partial charge in [-0.15, -0.1) is 0 Å². The van der Waals surface area contributed by atoms with Crippen molar-refractivity contribution < 1.29 is 14.3 Å². The lowest BCUT2D eigenvalue weighted by molar-refractivity contribution is -0.127. The van der Waals surface area contributed by atoms with Crippen LogP contribution in [0.25, 0.3) is 0 Å². The molecule has 1 unspecified atom stereocenters. The quantitative estimate of drug-likeness (QED) is 0.711. The molecule has 0 saturated heterocycles. The molecule has 4 nitrogen and oxygen atoms in total. The molecule has 1 amide bonds. The third-order valence-electron chi connectivity index (χ3n) is 2.38. The lowest BCUT2D eigenvalue weighted by Crippen LogP contribution is -2.45. The van der Waals surface area contributed by atoms with E-state index in [1.807, 2.05) is 0 Å². The van der Waals surface area contributed by atoms with Crippen molar-refractivity contribution in [1.29, 1.82) is 0 Å². The molecule has 0 rings (SSSR count). The second kappa shape index (κ2) is 6.08. The minimum atomic E-state index is -0.277. The predicted octanol–water partition coefficient (Wildman–Crippen LogP) is 1.55. The van der Waals surface area contributed by atoms with Crippen LogP contribution in [-0.4, -0.2) is 32.5 Å². The molecule has 0 spiro atoms. The van der Waals surface area contributed by atoms with Gasteiger partial charge in [0.15, 0.2) is 6.29 Å². The van der Waals surface area contributed by atoms with Gasteiger partial charge in [-0.3, -0.25) is 4.79 Å². The second-order valence-electron chi connectivity index (χ2n) is 4.76. The lowest BCUT2D eigenvalue weighted by atomic mass is 9.84. The predicted molar refractivity (Wildman–Crippen MR) is 59.5 cm³/mol. The van der Waals surface area contributed by atoms with Gasteiger partial charge in [0.25, 0.3) is 0 Å². The number of carbonyl (C=O) groups is 1. The molecule has 0 aromatic heterocycles. The van der Waals surface area contributed by atoms with Crippen molar-refractivity contribution in [3.05, 3.63) is 0 Å². The van der Waals surface area contributed by atoms with Crippen molar-refractivity contribution >= 4 is 5.91 Å². The van der Waals surface area contributed by atoms with Crippen LogP contribution in [0, 0.1) is 5.41 Å². The number of methoxy groups -OCH3 is 2. The van der Waals surface area contributed by atoms with E-state index in [4.69, 9.17) is 9.47 Å². The van der Waals surface area contributed by atoms with Crippen LogP contribution in [0.15, 0.2) is 0 Å². The van der Waals surface area contributed by atoms with Gasteiger partial charge in [-0.2, -0.15) is 0 Å². The van der Waals surface area contributed by atoms with Gasteiger partial charge in [0, 0.05) is 33.6 Å². The highest BCUT2D eigenvalue weighted by molar-refractivity contribution is 5.73. The number of rotatable bonds is 5. The monoisotopic (exact) mass is 217 g/mol. The van der Waals surface area contributed by atoms with Gasteiger partial charge in [0.1, 0.15) is 0 Å². The summed E-state index contributed by atoms with van der Waals surface area (Å²) in [4.78, 5) is 11.1. The maximum absolute atomic E-state index is 11.1. The number of hydrogen-bond donors (Lipinski definition) is 1. The van der Waals surface area contributed by atoms with Crippen LogP contribution in [0.3, 0.4) is 0 Å². The summed E-state index contributed by atoms with van der Waals surface area (Å²) in [5.41, 5.74) is -0.0129. The average Bonchev–Trinajstić information content (AvgIpc) is 2.09. The Balaban J connectivity index is 4.43. The van der Waals surface area contributed by atoms with Gasteiger partial charge < -0.3 is 14.8 Å². The van der Waals surface area contributed by atoms with Crippen LogP contribution in [0.1, 0.15) is 34.1 Å². The molecule has 90 valence electrons. The Labute approximate surface area is 92.3 Å². The summed E-state index contributed by atoms with van der Waals surface area (Å²) in [6, 6.07) is 0.0416. The Morgan fingerprint density at radius 3 is 2.00 bits per heavy atom. The van der Waals surface area contributed by atoms with Gasteiger partial charge >= 0.3 is 0 Å². The fourth-order valence-electron chi connectivity index (χ4n) is 1.36. The summed E-state index contributed by atoms with van der Waals surface area (Å²) >= 11 is 0. The third-order valence-corrected chi connectivity index (χ3v) is 2.38. The van der Waals surface area contributed by atoms with Gasteiger partial charge in [-0.1, -0.05) is 20.8 Å². The number of hydrogen-bond acceptors (Lipinski definition) is 3. The zero-order valence-corrected chi connectivity index (χ0v) is 10.6. The van der Waals surface area contributed by atoms with Crippen molar-refractivity contribution in [3.63, 3.8) is 0 Å². The molecule has 0 aliphatic rings. The highest BCUT2D eigenvalue weighted by Gasteiger charge is 2.28. The first-order valence-electron chi connectivity index (χ1n) is 5.14. The van der Waals surface area contributed by atoms with Crippen LogP contribution < -0.4 is 5.32 Å². The maximum atomic E-state index is 11.1. The highest BCUT2D eigenvalue weighted by atomic mass is 16.7. The van der Waals surface area contributed by atoms with E-state index in [1.165, 1.54) is 6.92 Å². The van der Waals surface area contributed by atoms with Crippen LogP contribution in [0.5, 0.6) is 0 Å². The molecule has 0 heterocycles. The molecule has 1 atom stereocenters. The van der Waals surface area contributed by atoms with Crippen molar-refractivity contribution in [1.82, 2.24) is 5.32 Å². The Hall–Kier alpha value is -0.610. The summed E-state index contributed by atoms with van der Waals surface area (Å²) in [5, 5.41) is 2.92. The molecule has 0 aromatic rings. The Kier molecular flexibility index (Phi) is 5.83. The summed E-state index contributed by atoms with van der Waals surface area (Å²) in [7, 11) is 3.20. The minimum absolute atomic E-state index is 0.0129. The first kappa shape index (κ1) is 14.4. The molecule has 4 heteroatoms. The zero-order valence-electron chi connectivity index (χ0n) is 10.6. The number of carbonyl (C=O) groups excluding carboxylic acids is 1. The van der Waals surface area contributed by atoms with Gasteiger partial charge in [0.05, 0.1) is 0 Å². The SMILES string of the molecule is COC(CC(NC(C)=O)C(C)(C)C)OC. The van der Waals surface area contributed by atoms with Crippen LogP contribution >= 0.6 is 0 Å². The zero-order chi connectivity index (χ0) is 12.1. The molecular formula is C11H23NO3. The van der Waals surface area contributed by atoms with E-state index in [-0.39, 0.29) is 23.7 Å². The molecular weight excluding hydrogens is 194 g/mol. The highest BCUT2D eigenvalue weighted by Crippen LogP contribution is 2.23. The average molecular weight is 217 g/mol. The second-order valence-corrected chi connectivity index (χ2v) is 4.76. The fourth-order valence-corrected chi connectivity index (χ4v) is 1.36. The summed E-state index contributed by atoms with van der Waals surface area (Å²) < 4.78 is 10.3. The molecule has 0 aliphatic carbocycles. The third kappa shape index (κ3) is 5.74. The first-order valence-corrected chi connectivity index (χ1v) is 5.14. The first-order chi connectivity index (χ1) is 6.81. The van der Waals surface area contributed by atoms with E-state index in [9.17, 15) is 4.79 Å². The smallest absolute Gasteiger partial charge is 0.217 e. The summed E-state index contributed by atoms with van der Waals surface area (Å²) in [6.07, 6.45) is 0.372. The standard InChI is InChI=1S/C11H23NO3/c1-8(13)12-9(11(2,3)4)7-10(14-5)15-6/h9-10H,7H2,1-6H3,(H,12,13). The minimum Gasteiger partial charge on any atom is -0.356 e. The van der Waals surface area contributed by atoms with E-state index in [2.05, 4.69) is 26.1 Å². The number of ether oxygens (including phenoxy) is 2. The van der Waals surface area contributed by atoms with Crippen molar-refractivity contribution in [2.75, 3.05) is 14.2 Å². The molecule has 0 radical (unpaired) electrons. The van der Waals surface area contributed by atoms with Crippen LogP contribution in [0.4, 0.5) is 0 Å². The normalized spacial score (nSPS) is 14.1. The number of nitrogens with one attached hydrogen (secondary N) is 1. The molecule has 0 aliphatic heterocycles. The van der Waals surface area contributed by atoms with E-state index in [1.54, 1.807) is 14.2 Å². The molecule has 0 fully saturated rings. The Morgan fingerprint density at radius 1 is 1.27 bits per heavy atom. The summed E-state index contributed by atoms with van der Waals surface area (Å²) in [5.74, 6) is -0.0270. The van der Waals surface area contributed by atoms with Crippen molar-refractivity contribution in [2.45, 2.75) is 46.4 Å². The lowest BCUT2D eigenvalue weighted by Gasteiger charge is -2.33. The van der Waals surface area contributed by atoms with Gasteiger partial charge in [0.2, 0.25) is 5.91 Å². The molecule has 0 aromatic carbocycles. The Bertz CT molecular complexity index is 194. The molecule has 1 N–H and O–H groups in total.